The normalized spacial score (nSPS) is 10.5. The number of thiazole rings is 1. The van der Waals surface area contributed by atoms with Crippen molar-refractivity contribution in [2.75, 3.05) is 5.32 Å². The van der Waals surface area contributed by atoms with Crippen molar-refractivity contribution < 1.29 is 14.7 Å². The van der Waals surface area contributed by atoms with E-state index in [2.05, 4.69) is 10.3 Å². The molecule has 1 aromatic heterocycles. The topological polar surface area (TPSA) is 79.3 Å². The average molecular weight is 359 g/mol. The first-order valence-corrected chi connectivity index (χ1v) is 7.88. The Morgan fingerprint density at radius 3 is 2.64 bits per heavy atom. The van der Waals surface area contributed by atoms with E-state index in [4.69, 9.17) is 28.3 Å². The molecule has 2 rings (SSSR count). The van der Waals surface area contributed by atoms with Gasteiger partial charge in [0, 0.05) is 16.9 Å². The van der Waals surface area contributed by atoms with Crippen LogP contribution in [0.5, 0.6) is 0 Å². The third-order valence-electron chi connectivity index (χ3n) is 2.80. The second kappa shape index (κ2) is 7.09. The molecule has 0 radical (unpaired) electrons. The number of aryl methyl sites for hydroxylation is 1. The number of amides is 1. The van der Waals surface area contributed by atoms with Crippen LogP contribution in [0.3, 0.4) is 0 Å². The van der Waals surface area contributed by atoms with Crippen LogP contribution in [0.2, 0.25) is 10.0 Å². The fourth-order valence-electron chi connectivity index (χ4n) is 1.76. The number of aliphatic carboxylic acids is 1. The van der Waals surface area contributed by atoms with Gasteiger partial charge in [-0.1, -0.05) is 29.3 Å². The van der Waals surface area contributed by atoms with Crippen molar-refractivity contribution in [1.29, 1.82) is 0 Å². The summed E-state index contributed by atoms with van der Waals surface area (Å²) >= 11 is 13.2. The van der Waals surface area contributed by atoms with E-state index in [0.717, 1.165) is 10.4 Å². The van der Waals surface area contributed by atoms with Crippen molar-refractivity contribution in [2.45, 2.75) is 19.8 Å². The van der Waals surface area contributed by atoms with Crippen molar-refractivity contribution >= 4 is 51.5 Å². The minimum atomic E-state index is -1.01. The Labute approximate surface area is 140 Å². The van der Waals surface area contributed by atoms with Crippen molar-refractivity contribution in [2.24, 2.45) is 0 Å². The van der Waals surface area contributed by atoms with Crippen molar-refractivity contribution in [1.82, 2.24) is 4.98 Å². The number of anilines is 1. The predicted molar refractivity (Wildman–Crippen MR) is 87.8 cm³/mol. The largest absolute Gasteiger partial charge is 0.481 e. The molecule has 0 aliphatic rings. The summed E-state index contributed by atoms with van der Waals surface area (Å²) in [6.07, 6.45) is -0.300. The van der Waals surface area contributed by atoms with E-state index in [1.165, 1.54) is 11.3 Å². The smallest absolute Gasteiger partial charge is 0.303 e. The van der Waals surface area contributed by atoms with Crippen molar-refractivity contribution in [3.63, 3.8) is 0 Å². The van der Waals surface area contributed by atoms with E-state index < -0.39 is 5.97 Å². The molecule has 0 spiro atoms. The molecule has 2 N–H and O–H groups in total. The van der Waals surface area contributed by atoms with Gasteiger partial charge in [-0.05, 0) is 19.1 Å². The Hall–Kier alpha value is -1.63. The first kappa shape index (κ1) is 16.7. The van der Waals surface area contributed by atoms with Gasteiger partial charge in [0.15, 0.2) is 5.13 Å². The molecule has 8 heteroatoms. The highest BCUT2D eigenvalue weighted by Crippen LogP contribution is 2.33. The first-order valence-electron chi connectivity index (χ1n) is 6.31. The number of halogens is 2. The summed E-state index contributed by atoms with van der Waals surface area (Å²) in [7, 11) is 0. The fraction of sp³-hybridized carbons (Fsp3) is 0.214. The number of nitrogens with zero attached hydrogens (tertiary/aromatic N) is 1. The van der Waals surface area contributed by atoms with Gasteiger partial charge in [0.2, 0.25) is 5.91 Å². The summed E-state index contributed by atoms with van der Waals surface area (Å²) in [4.78, 5) is 27.3. The van der Waals surface area contributed by atoms with E-state index in [9.17, 15) is 9.59 Å². The summed E-state index contributed by atoms with van der Waals surface area (Å²) in [6, 6.07) is 5.19. The molecule has 0 atom stereocenters. The SMILES string of the molecule is Cc1sc(NC(=O)CCC(=O)O)nc1-c1ccc(Cl)c(Cl)c1. The number of hydrogen-bond donors (Lipinski definition) is 2. The van der Waals surface area contributed by atoms with E-state index in [1.807, 2.05) is 6.92 Å². The maximum Gasteiger partial charge on any atom is 0.303 e. The van der Waals surface area contributed by atoms with Crippen LogP contribution >= 0.6 is 34.5 Å². The molecule has 2 aromatic rings. The van der Waals surface area contributed by atoms with Crippen LogP contribution in [0.4, 0.5) is 5.13 Å². The Morgan fingerprint density at radius 2 is 2.00 bits per heavy atom. The standard InChI is InChI=1S/C14H12Cl2N2O3S/c1-7-13(8-2-3-9(15)10(16)6-8)18-14(22-7)17-11(19)4-5-12(20)21/h2-3,6H,4-5H2,1H3,(H,20,21)(H,17,18,19). The molecule has 0 bridgehead atoms. The molecule has 0 saturated heterocycles. The van der Waals surface area contributed by atoms with Gasteiger partial charge >= 0.3 is 5.97 Å². The van der Waals surface area contributed by atoms with Gasteiger partial charge in [-0.3, -0.25) is 9.59 Å². The van der Waals surface area contributed by atoms with Gasteiger partial charge in [0.25, 0.3) is 0 Å². The summed E-state index contributed by atoms with van der Waals surface area (Å²) in [5.41, 5.74) is 1.51. The molecule has 0 aliphatic heterocycles. The van der Waals surface area contributed by atoms with E-state index in [-0.39, 0.29) is 18.7 Å². The summed E-state index contributed by atoms with van der Waals surface area (Å²) in [6.45, 7) is 1.88. The van der Waals surface area contributed by atoms with E-state index in [1.54, 1.807) is 18.2 Å². The van der Waals surface area contributed by atoms with Gasteiger partial charge in [-0.25, -0.2) is 4.98 Å². The minimum absolute atomic E-state index is 0.0872. The summed E-state index contributed by atoms with van der Waals surface area (Å²) < 4.78 is 0. The van der Waals surface area contributed by atoms with Crippen LogP contribution in [-0.2, 0) is 9.59 Å². The zero-order valence-electron chi connectivity index (χ0n) is 11.5. The van der Waals surface area contributed by atoms with Crippen LogP contribution < -0.4 is 5.32 Å². The number of benzene rings is 1. The van der Waals surface area contributed by atoms with Crippen molar-refractivity contribution in [3.05, 3.63) is 33.1 Å². The first-order chi connectivity index (χ1) is 10.4. The maximum absolute atomic E-state index is 11.6. The number of carbonyl (C=O) groups excluding carboxylic acids is 1. The van der Waals surface area contributed by atoms with Gasteiger partial charge in [0.05, 0.1) is 22.2 Å². The molecule has 0 saturated carbocycles. The Morgan fingerprint density at radius 1 is 1.27 bits per heavy atom. The van der Waals surface area contributed by atoms with Crippen LogP contribution in [0.1, 0.15) is 17.7 Å². The summed E-state index contributed by atoms with van der Waals surface area (Å²) in [5, 5.41) is 12.5. The number of hydrogen-bond acceptors (Lipinski definition) is 4. The molecule has 0 fully saturated rings. The lowest BCUT2D eigenvalue weighted by molar-refractivity contribution is -0.138. The zero-order chi connectivity index (χ0) is 16.3. The van der Waals surface area contributed by atoms with Crippen LogP contribution in [-0.4, -0.2) is 22.0 Å². The molecule has 1 aromatic carbocycles. The third-order valence-corrected chi connectivity index (χ3v) is 4.43. The minimum Gasteiger partial charge on any atom is -0.481 e. The van der Waals surface area contributed by atoms with Gasteiger partial charge in [0.1, 0.15) is 0 Å². The lowest BCUT2D eigenvalue weighted by Gasteiger charge is -2.01. The second-order valence-electron chi connectivity index (χ2n) is 4.49. The van der Waals surface area contributed by atoms with Gasteiger partial charge in [-0.15, -0.1) is 11.3 Å². The molecule has 116 valence electrons. The highest BCUT2D eigenvalue weighted by atomic mass is 35.5. The predicted octanol–water partition coefficient (Wildman–Crippen LogP) is 4.23. The molecular weight excluding hydrogens is 347 g/mol. The number of carboxylic acid groups (broad SMARTS) is 1. The molecule has 22 heavy (non-hydrogen) atoms. The number of nitrogens with one attached hydrogen (secondary N) is 1. The lowest BCUT2D eigenvalue weighted by atomic mass is 10.1. The highest BCUT2D eigenvalue weighted by Gasteiger charge is 2.13. The number of carbonyl (C=O) groups is 2. The number of rotatable bonds is 5. The van der Waals surface area contributed by atoms with Gasteiger partial charge in [-0.2, -0.15) is 0 Å². The quantitative estimate of drug-likeness (QED) is 0.837. The summed E-state index contributed by atoms with van der Waals surface area (Å²) in [5.74, 6) is -1.39. The molecule has 1 heterocycles. The van der Waals surface area contributed by atoms with Gasteiger partial charge < -0.3 is 10.4 Å². The van der Waals surface area contributed by atoms with E-state index in [0.29, 0.717) is 20.9 Å². The third kappa shape index (κ3) is 4.19. The monoisotopic (exact) mass is 358 g/mol. The lowest BCUT2D eigenvalue weighted by Crippen LogP contribution is -2.12. The molecule has 0 aliphatic carbocycles. The van der Waals surface area contributed by atoms with Crippen LogP contribution in [0.15, 0.2) is 18.2 Å². The van der Waals surface area contributed by atoms with Crippen molar-refractivity contribution in [3.8, 4) is 11.3 Å². The van der Waals surface area contributed by atoms with E-state index >= 15 is 0 Å². The molecule has 1 amide bonds. The molecule has 5 nitrogen and oxygen atoms in total. The number of aromatic nitrogens is 1. The Balaban J connectivity index is 2.15. The highest BCUT2D eigenvalue weighted by molar-refractivity contribution is 7.16. The van der Waals surface area contributed by atoms with Crippen LogP contribution in [0, 0.1) is 6.92 Å². The fourth-order valence-corrected chi connectivity index (χ4v) is 2.91. The average Bonchev–Trinajstić information content (AvgIpc) is 2.80. The Bertz CT molecular complexity index is 731. The zero-order valence-corrected chi connectivity index (χ0v) is 13.8. The number of carboxylic acids is 1. The Kier molecular flexibility index (Phi) is 5.39. The molecule has 0 unspecified atom stereocenters. The molecular formula is C14H12Cl2N2O3S. The second-order valence-corrected chi connectivity index (χ2v) is 6.51. The van der Waals surface area contributed by atoms with Crippen LogP contribution in [0.25, 0.3) is 11.3 Å². The maximum atomic E-state index is 11.6.